The quantitative estimate of drug-likeness (QED) is 0.760. The van der Waals surface area contributed by atoms with E-state index in [0.717, 1.165) is 42.5 Å². The summed E-state index contributed by atoms with van der Waals surface area (Å²) in [6.45, 7) is 2.72. The fourth-order valence-electron chi connectivity index (χ4n) is 2.87. The Kier molecular flexibility index (Phi) is 4.39. The third-order valence-corrected chi connectivity index (χ3v) is 4.37. The lowest BCUT2D eigenvalue weighted by Gasteiger charge is -2.40. The highest BCUT2D eigenvalue weighted by molar-refractivity contribution is 5.59. The van der Waals surface area contributed by atoms with Crippen LogP contribution in [0.15, 0.2) is 55.0 Å². The van der Waals surface area contributed by atoms with Crippen molar-refractivity contribution in [3.63, 3.8) is 0 Å². The van der Waals surface area contributed by atoms with Crippen molar-refractivity contribution in [2.75, 3.05) is 29.9 Å². The summed E-state index contributed by atoms with van der Waals surface area (Å²) in [6, 6.07) is 13.5. The summed E-state index contributed by atoms with van der Waals surface area (Å²) in [5.41, 5.74) is 2.43. The van der Waals surface area contributed by atoms with Crippen molar-refractivity contribution in [2.24, 2.45) is 5.92 Å². The number of anilines is 2. The molecular weight excluding hydrogens is 326 g/mol. The molecule has 0 radical (unpaired) electrons. The second-order valence-corrected chi connectivity index (χ2v) is 6.21. The van der Waals surface area contributed by atoms with Gasteiger partial charge < -0.3 is 10.2 Å². The van der Waals surface area contributed by atoms with Crippen LogP contribution in [0.5, 0.6) is 0 Å². The van der Waals surface area contributed by atoms with Crippen molar-refractivity contribution in [3.8, 4) is 17.3 Å². The first kappa shape index (κ1) is 16.0. The Labute approximate surface area is 151 Å². The van der Waals surface area contributed by atoms with Gasteiger partial charge in [0.25, 0.3) is 0 Å². The molecule has 0 aliphatic carbocycles. The van der Waals surface area contributed by atoms with Crippen LogP contribution >= 0.6 is 0 Å². The molecular formula is C19H17N7. The first-order valence-corrected chi connectivity index (χ1v) is 8.41. The van der Waals surface area contributed by atoms with Crippen molar-refractivity contribution in [3.05, 3.63) is 60.6 Å². The maximum absolute atomic E-state index is 8.78. The van der Waals surface area contributed by atoms with Crippen molar-refractivity contribution >= 4 is 11.6 Å². The minimum Gasteiger partial charge on any atom is -0.370 e. The Morgan fingerprint density at radius 3 is 2.58 bits per heavy atom. The SMILES string of the molecule is N#Cc1ccc(NCC2CN(c3ccc(-c4ccncc4)nn3)C2)nc1. The molecule has 7 heteroatoms. The van der Waals surface area contributed by atoms with Gasteiger partial charge in [-0.05, 0) is 36.4 Å². The summed E-state index contributed by atoms with van der Waals surface area (Å²) in [4.78, 5) is 10.4. The average molecular weight is 343 g/mol. The Hall–Kier alpha value is -3.53. The minimum absolute atomic E-state index is 0.536. The number of hydrogen-bond donors (Lipinski definition) is 1. The highest BCUT2D eigenvalue weighted by atomic mass is 15.3. The largest absolute Gasteiger partial charge is 0.370 e. The van der Waals surface area contributed by atoms with E-state index in [9.17, 15) is 0 Å². The predicted molar refractivity (Wildman–Crippen MR) is 98.4 cm³/mol. The van der Waals surface area contributed by atoms with Crippen LogP contribution in [0, 0.1) is 17.2 Å². The van der Waals surface area contributed by atoms with E-state index in [4.69, 9.17) is 5.26 Å². The maximum atomic E-state index is 8.78. The van der Waals surface area contributed by atoms with Gasteiger partial charge in [0.15, 0.2) is 5.82 Å². The number of rotatable bonds is 5. The van der Waals surface area contributed by atoms with Gasteiger partial charge in [0.2, 0.25) is 0 Å². The number of nitriles is 1. The third-order valence-electron chi connectivity index (χ3n) is 4.37. The molecule has 0 aromatic carbocycles. The van der Waals surface area contributed by atoms with E-state index in [1.54, 1.807) is 24.7 Å². The van der Waals surface area contributed by atoms with Crippen LogP contribution in [-0.4, -0.2) is 39.8 Å². The summed E-state index contributed by atoms with van der Waals surface area (Å²) in [7, 11) is 0. The molecule has 0 unspecified atom stereocenters. The van der Waals surface area contributed by atoms with Gasteiger partial charge in [0.05, 0.1) is 11.3 Å². The number of nitrogens with one attached hydrogen (secondary N) is 1. The Balaban J connectivity index is 1.28. The standard InChI is InChI=1S/C19H17N7/c20-9-14-1-3-18(22-10-14)23-11-15-12-26(13-15)19-4-2-17(24-25-19)16-5-7-21-8-6-16/h1-8,10,15H,11-13H2,(H,22,23). The first-order valence-electron chi connectivity index (χ1n) is 8.41. The monoisotopic (exact) mass is 343 g/mol. The fourth-order valence-corrected chi connectivity index (χ4v) is 2.87. The lowest BCUT2D eigenvalue weighted by molar-refractivity contribution is 0.425. The normalized spacial score (nSPS) is 13.7. The summed E-state index contributed by atoms with van der Waals surface area (Å²) >= 11 is 0. The molecule has 3 aromatic rings. The Bertz CT molecular complexity index is 895. The number of aromatic nitrogens is 4. The van der Waals surface area contributed by atoms with Crippen LogP contribution in [0.25, 0.3) is 11.3 Å². The minimum atomic E-state index is 0.536. The van der Waals surface area contributed by atoms with Crippen LogP contribution in [-0.2, 0) is 0 Å². The van der Waals surface area contributed by atoms with Crippen molar-refractivity contribution in [1.82, 2.24) is 20.2 Å². The van der Waals surface area contributed by atoms with E-state index in [-0.39, 0.29) is 0 Å². The molecule has 1 N–H and O–H groups in total. The molecule has 1 aliphatic heterocycles. The van der Waals surface area contributed by atoms with Gasteiger partial charge in [-0.15, -0.1) is 10.2 Å². The molecule has 0 saturated carbocycles. The van der Waals surface area contributed by atoms with Crippen molar-refractivity contribution < 1.29 is 0 Å². The lowest BCUT2D eigenvalue weighted by atomic mass is 10.0. The van der Waals surface area contributed by atoms with Gasteiger partial charge in [-0.25, -0.2) is 4.98 Å². The summed E-state index contributed by atoms with van der Waals surface area (Å²) < 4.78 is 0. The van der Waals surface area contributed by atoms with Crippen LogP contribution in [0.2, 0.25) is 0 Å². The second-order valence-electron chi connectivity index (χ2n) is 6.21. The Morgan fingerprint density at radius 2 is 1.92 bits per heavy atom. The number of hydrogen-bond acceptors (Lipinski definition) is 7. The summed E-state index contributed by atoms with van der Waals surface area (Å²) in [5.74, 6) is 2.23. The summed E-state index contributed by atoms with van der Waals surface area (Å²) in [5, 5.41) is 20.8. The Morgan fingerprint density at radius 1 is 1.08 bits per heavy atom. The highest BCUT2D eigenvalue weighted by Crippen LogP contribution is 2.24. The zero-order valence-electron chi connectivity index (χ0n) is 14.1. The number of pyridine rings is 2. The highest BCUT2D eigenvalue weighted by Gasteiger charge is 2.27. The van der Waals surface area contributed by atoms with Crippen molar-refractivity contribution in [2.45, 2.75) is 0 Å². The molecule has 0 amide bonds. The van der Waals surface area contributed by atoms with Gasteiger partial charge in [-0.3, -0.25) is 4.98 Å². The van der Waals surface area contributed by atoms with Gasteiger partial charge in [-0.1, -0.05) is 0 Å². The van der Waals surface area contributed by atoms with Crippen LogP contribution in [0.4, 0.5) is 11.6 Å². The maximum Gasteiger partial charge on any atom is 0.151 e. The molecule has 4 heterocycles. The molecule has 0 spiro atoms. The zero-order valence-corrected chi connectivity index (χ0v) is 14.1. The van der Waals surface area contributed by atoms with E-state index in [0.29, 0.717) is 11.5 Å². The van der Waals surface area contributed by atoms with Crippen molar-refractivity contribution in [1.29, 1.82) is 5.26 Å². The zero-order chi connectivity index (χ0) is 17.8. The van der Waals surface area contributed by atoms with E-state index < -0.39 is 0 Å². The molecule has 1 fully saturated rings. The van der Waals surface area contributed by atoms with E-state index in [2.05, 4.69) is 36.5 Å². The summed E-state index contributed by atoms with van der Waals surface area (Å²) in [6.07, 6.45) is 5.08. The predicted octanol–water partition coefficient (Wildman–Crippen LogP) is 2.35. The van der Waals surface area contributed by atoms with Gasteiger partial charge in [0.1, 0.15) is 11.9 Å². The molecule has 1 saturated heterocycles. The number of nitrogens with zero attached hydrogens (tertiary/aromatic N) is 6. The van der Waals surface area contributed by atoms with Gasteiger partial charge >= 0.3 is 0 Å². The third kappa shape index (κ3) is 3.44. The molecule has 0 atom stereocenters. The smallest absolute Gasteiger partial charge is 0.151 e. The van der Waals surface area contributed by atoms with Gasteiger partial charge in [0, 0.05) is 49.7 Å². The van der Waals surface area contributed by atoms with Gasteiger partial charge in [-0.2, -0.15) is 5.26 Å². The fraction of sp³-hybridized carbons (Fsp3) is 0.211. The average Bonchev–Trinajstić information content (AvgIpc) is 2.68. The van der Waals surface area contributed by atoms with Crippen LogP contribution in [0.1, 0.15) is 5.56 Å². The lowest BCUT2D eigenvalue weighted by Crippen LogP contribution is -2.50. The molecule has 4 rings (SSSR count). The van der Waals surface area contributed by atoms with E-state index >= 15 is 0 Å². The van der Waals surface area contributed by atoms with Crippen LogP contribution < -0.4 is 10.2 Å². The van der Waals surface area contributed by atoms with E-state index in [1.165, 1.54) is 0 Å². The second kappa shape index (κ2) is 7.15. The molecule has 1 aliphatic rings. The molecule has 0 bridgehead atoms. The molecule has 128 valence electrons. The topological polar surface area (TPSA) is 90.6 Å². The molecule has 26 heavy (non-hydrogen) atoms. The first-order chi connectivity index (χ1) is 12.8. The molecule has 3 aromatic heterocycles. The van der Waals surface area contributed by atoms with Crippen LogP contribution in [0.3, 0.4) is 0 Å². The molecule has 7 nitrogen and oxygen atoms in total. The van der Waals surface area contributed by atoms with E-state index in [1.807, 2.05) is 30.3 Å².